The highest BCUT2D eigenvalue weighted by Crippen LogP contribution is 2.28. The van der Waals surface area contributed by atoms with Gasteiger partial charge in [0.15, 0.2) is 5.82 Å². The molecule has 0 fully saturated rings. The van der Waals surface area contributed by atoms with Gasteiger partial charge in [0.2, 0.25) is 5.76 Å². The number of benzene rings is 1. The lowest BCUT2D eigenvalue weighted by Gasteiger charge is -1.99. The van der Waals surface area contributed by atoms with Crippen molar-refractivity contribution in [1.82, 2.24) is 19.7 Å². The number of hydrogen-bond donors (Lipinski definition) is 0. The van der Waals surface area contributed by atoms with Gasteiger partial charge >= 0.3 is 0 Å². The Morgan fingerprint density at radius 1 is 1.20 bits per heavy atom. The number of aromatic nitrogens is 4. The van der Waals surface area contributed by atoms with Crippen LogP contribution in [0.4, 0.5) is 0 Å². The molecule has 0 saturated carbocycles. The van der Waals surface area contributed by atoms with Crippen molar-refractivity contribution < 1.29 is 4.52 Å². The van der Waals surface area contributed by atoms with Crippen LogP contribution in [0.25, 0.3) is 33.5 Å². The molecule has 0 atom stereocenters. The molecule has 0 N–H and O–H groups in total. The van der Waals surface area contributed by atoms with E-state index in [-0.39, 0.29) is 0 Å². The van der Waals surface area contributed by atoms with Crippen LogP contribution < -0.4 is 0 Å². The fourth-order valence-corrected chi connectivity index (χ4v) is 2.46. The predicted octanol–water partition coefficient (Wildman–Crippen LogP) is 3.08. The SMILES string of the molecule is Cc1cc(-c2nc3c4ccccc4ncc3n2C)on1. The smallest absolute Gasteiger partial charge is 0.202 e. The van der Waals surface area contributed by atoms with E-state index in [1.54, 1.807) is 0 Å². The Bertz CT molecular complexity index is 936. The summed E-state index contributed by atoms with van der Waals surface area (Å²) in [5, 5.41) is 4.97. The molecular formula is C15H12N4O. The summed E-state index contributed by atoms with van der Waals surface area (Å²) in [6, 6.07) is 9.88. The molecule has 20 heavy (non-hydrogen) atoms. The van der Waals surface area contributed by atoms with Crippen LogP contribution in [0.15, 0.2) is 41.1 Å². The summed E-state index contributed by atoms with van der Waals surface area (Å²) < 4.78 is 7.30. The third-order valence-electron chi connectivity index (χ3n) is 3.47. The van der Waals surface area contributed by atoms with Crippen molar-refractivity contribution in [2.75, 3.05) is 0 Å². The Morgan fingerprint density at radius 3 is 2.85 bits per heavy atom. The molecule has 4 aromatic rings. The molecule has 0 radical (unpaired) electrons. The second-order valence-corrected chi connectivity index (χ2v) is 4.84. The summed E-state index contributed by atoms with van der Waals surface area (Å²) in [4.78, 5) is 9.19. The first-order valence-corrected chi connectivity index (χ1v) is 6.38. The van der Waals surface area contributed by atoms with Gasteiger partial charge < -0.3 is 9.09 Å². The normalized spacial score (nSPS) is 11.5. The molecular weight excluding hydrogens is 252 g/mol. The van der Waals surface area contributed by atoms with Crippen LogP contribution in [-0.2, 0) is 7.05 Å². The molecule has 5 nitrogen and oxygen atoms in total. The minimum Gasteiger partial charge on any atom is -0.353 e. The minimum absolute atomic E-state index is 0.672. The Morgan fingerprint density at radius 2 is 2.05 bits per heavy atom. The summed E-state index contributed by atoms with van der Waals surface area (Å²) in [5.74, 6) is 1.43. The molecule has 0 unspecified atom stereocenters. The van der Waals surface area contributed by atoms with Crippen molar-refractivity contribution in [3.05, 3.63) is 42.2 Å². The molecule has 5 heteroatoms. The first kappa shape index (κ1) is 11.2. The topological polar surface area (TPSA) is 56.7 Å². The zero-order valence-corrected chi connectivity index (χ0v) is 11.2. The maximum Gasteiger partial charge on any atom is 0.202 e. The van der Waals surface area contributed by atoms with E-state index >= 15 is 0 Å². The second-order valence-electron chi connectivity index (χ2n) is 4.84. The van der Waals surface area contributed by atoms with Crippen molar-refractivity contribution >= 4 is 21.9 Å². The van der Waals surface area contributed by atoms with E-state index in [2.05, 4.69) is 10.1 Å². The van der Waals surface area contributed by atoms with E-state index < -0.39 is 0 Å². The number of aryl methyl sites for hydroxylation is 2. The molecule has 1 aromatic carbocycles. The number of fused-ring (bicyclic) bond motifs is 3. The van der Waals surface area contributed by atoms with Crippen molar-refractivity contribution in [3.8, 4) is 11.6 Å². The van der Waals surface area contributed by atoms with Gasteiger partial charge in [0.25, 0.3) is 0 Å². The van der Waals surface area contributed by atoms with E-state index in [0.29, 0.717) is 5.76 Å². The number of nitrogens with zero attached hydrogens (tertiary/aromatic N) is 4. The third-order valence-corrected chi connectivity index (χ3v) is 3.47. The summed E-state index contributed by atoms with van der Waals surface area (Å²) in [5.41, 5.74) is 3.70. The molecule has 3 heterocycles. The van der Waals surface area contributed by atoms with Gasteiger partial charge in [0.05, 0.1) is 22.9 Å². The Balaban J connectivity index is 2.09. The molecule has 0 saturated heterocycles. The monoisotopic (exact) mass is 264 g/mol. The van der Waals surface area contributed by atoms with Crippen molar-refractivity contribution in [1.29, 1.82) is 0 Å². The lowest BCUT2D eigenvalue weighted by molar-refractivity contribution is 0.423. The van der Waals surface area contributed by atoms with Gasteiger partial charge in [-0.05, 0) is 13.0 Å². The average molecular weight is 264 g/mol. The fourth-order valence-electron chi connectivity index (χ4n) is 2.46. The van der Waals surface area contributed by atoms with Crippen molar-refractivity contribution in [2.24, 2.45) is 7.05 Å². The van der Waals surface area contributed by atoms with E-state index in [0.717, 1.165) is 33.5 Å². The first-order valence-electron chi connectivity index (χ1n) is 6.38. The van der Waals surface area contributed by atoms with Crippen molar-refractivity contribution in [2.45, 2.75) is 6.92 Å². The van der Waals surface area contributed by atoms with Gasteiger partial charge in [-0.2, -0.15) is 0 Å². The van der Waals surface area contributed by atoms with Gasteiger partial charge in [-0.1, -0.05) is 23.4 Å². The zero-order chi connectivity index (χ0) is 13.7. The van der Waals surface area contributed by atoms with Crippen molar-refractivity contribution in [3.63, 3.8) is 0 Å². The number of imidazole rings is 1. The minimum atomic E-state index is 0.672. The highest BCUT2D eigenvalue weighted by Gasteiger charge is 2.15. The van der Waals surface area contributed by atoms with Crippen LogP contribution in [0.5, 0.6) is 0 Å². The van der Waals surface area contributed by atoms with Gasteiger partial charge in [-0.25, -0.2) is 4.98 Å². The molecule has 98 valence electrons. The van der Waals surface area contributed by atoms with Crippen LogP contribution in [0.3, 0.4) is 0 Å². The van der Waals surface area contributed by atoms with Gasteiger partial charge in [0.1, 0.15) is 5.52 Å². The first-order chi connectivity index (χ1) is 9.74. The fraction of sp³-hybridized carbons (Fsp3) is 0.133. The summed E-state index contributed by atoms with van der Waals surface area (Å²) >= 11 is 0. The summed E-state index contributed by atoms with van der Waals surface area (Å²) in [7, 11) is 1.96. The van der Waals surface area contributed by atoms with Crippen LogP contribution in [0.2, 0.25) is 0 Å². The number of pyridine rings is 1. The van der Waals surface area contributed by atoms with Gasteiger partial charge in [0, 0.05) is 18.5 Å². The number of rotatable bonds is 1. The Kier molecular flexibility index (Phi) is 2.18. The molecule has 0 bridgehead atoms. The Hall–Kier alpha value is -2.69. The molecule has 0 amide bonds. The highest BCUT2D eigenvalue weighted by atomic mass is 16.5. The molecule has 0 aliphatic carbocycles. The zero-order valence-electron chi connectivity index (χ0n) is 11.2. The van der Waals surface area contributed by atoms with E-state index in [4.69, 9.17) is 9.51 Å². The van der Waals surface area contributed by atoms with Crippen LogP contribution in [0.1, 0.15) is 5.69 Å². The standard InChI is InChI=1S/C15H12N4O/c1-9-7-13(20-18-9)15-17-14-10-5-3-4-6-11(10)16-8-12(14)19(15)2/h3-8H,1-2H3. The largest absolute Gasteiger partial charge is 0.353 e. The van der Waals surface area contributed by atoms with Crippen LogP contribution >= 0.6 is 0 Å². The van der Waals surface area contributed by atoms with E-state index in [9.17, 15) is 0 Å². The second kappa shape index (κ2) is 3.90. The van der Waals surface area contributed by atoms with Crippen LogP contribution in [0, 0.1) is 6.92 Å². The Labute approximate surface area is 114 Å². The lowest BCUT2D eigenvalue weighted by atomic mass is 10.2. The average Bonchev–Trinajstić information content (AvgIpc) is 3.03. The predicted molar refractivity (Wildman–Crippen MR) is 76.2 cm³/mol. The quantitative estimate of drug-likeness (QED) is 0.530. The van der Waals surface area contributed by atoms with Gasteiger partial charge in [-0.3, -0.25) is 4.98 Å². The van der Waals surface area contributed by atoms with E-state index in [1.165, 1.54) is 0 Å². The molecule has 0 spiro atoms. The summed E-state index contributed by atoms with van der Waals surface area (Å²) in [6.07, 6.45) is 1.84. The van der Waals surface area contributed by atoms with Crippen LogP contribution in [-0.4, -0.2) is 19.7 Å². The molecule has 0 aliphatic rings. The third kappa shape index (κ3) is 1.46. The van der Waals surface area contributed by atoms with Gasteiger partial charge in [-0.15, -0.1) is 0 Å². The molecule has 4 rings (SSSR count). The number of hydrogen-bond acceptors (Lipinski definition) is 4. The molecule has 3 aromatic heterocycles. The lowest BCUT2D eigenvalue weighted by Crippen LogP contribution is -1.91. The number of para-hydroxylation sites is 1. The summed E-state index contributed by atoms with van der Waals surface area (Å²) in [6.45, 7) is 1.90. The maximum atomic E-state index is 5.32. The maximum absolute atomic E-state index is 5.32. The van der Waals surface area contributed by atoms with E-state index in [1.807, 2.05) is 55.1 Å². The highest BCUT2D eigenvalue weighted by molar-refractivity contribution is 6.02. The molecule has 0 aliphatic heterocycles.